The second-order valence-electron chi connectivity index (χ2n) is 4.87. The van der Waals surface area contributed by atoms with E-state index in [0.717, 1.165) is 18.7 Å². The molecule has 0 saturated carbocycles. The normalized spacial score (nSPS) is 11.0. The van der Waals surface area contributed by atoms with E-state index >= 15 is 0 Å². The lowest BCUT2D eigenvalue weighted by atomic mass is 10.3. The molecule has 0 amide bonds. The summed E-state index contributed by atoms with van der Waals surface area (Å²) >= 11 is 0. The number of halogens is 1. The van der Waals surface area contributed by atoms with E-state index in [-0.39, 0.29) is 11.6 Å². The van der Waals surface area contributed by atoms with Crippen LogP contribution in [0.2, 0.25) is 0 Å². The van der Waals surface area contributed by atoms with Crippen molar-refractivity contribution in [1.29, 1.82) is 0 Å². The minimum Gasteiger partial charge on any atom is -0.489 e. The van der Waals surface area contributed by atoms with Gasteiger partial charge >= 0.3 is 0 Å². The molecule has 1 aromatic heterocycles. The highest BCUT2D eigenvalue weighted by Gasteiger charge is 2.09. The quantitative estimate of drug-likeness (QED) is 0.749. The lowest BCUT2D eigenvalue weighted by Crippen LogP contribution is -2.24. The van der Waals surface area contributed by atoms with E-state index in [4.69, 9.17) is 9.26 Å². The summed E-state index contributed by atoms with van der Waals surface area (Å²) < 4.78 is 23.9. The minimum atomic E-state index is -0.346. The Bertz CT molecular complexity index is 559. The van der Waals surface area contributed by atoms with Gasteiger partial charge in [0.15, 0.2) is 17.4 Å². The third-order valence-electron chi connectivity index (χ3n) is 2.96. The Hall–Kier alpha value is -1.95. The third kappa shape index (κ3) is 4.82. The number of hydrogen-bond donors (Lipinski definition) is 0. The van der Waals surface area contributed by atoms with Crippen LogP contribution in [0.1, 0.15) is 25.1 Å². The molecule has 0 aliphatic rings. The maximum atomic E-state index is 13.4. The molecule has 0 aliphatic carbocycles. The average Bonchev–Trinajstić information content (AvgIpc) is 2.88. The first-order chi connectivity index (χ1) is 10.2. The smallest absolute Gasteiger partial charge is 0.240 e. The third-order valence-corrected chi connectivity index (χ3v) is 2.96. The second kappa shape index (κ2) is 7.73. The lowest BCUT2D eigenvalue weighted by molar-refractivity contribution is 0.208. The van der Waals surface area contributed by atoms with E-state index in [1.165, 1.54) is 6.07 Å². The fourth-order valence-corrected chi connectivity index (χ4v) is 1.86. The average molecular weight is 293 g/mol. The van der Waals surface area contributed by atoms with E-state index in [0.29, 0.717) is 25.6 Å². The molecule has 5 nitrogen and oxygen atoms in total. The molecule has 0 aliphatic heterocycles. The van der Waals surface area contributed by atoms with E-state index < -0.39 is 0 Å². The summed E-state index contributed by atoms with van der Waals surface area (Å²) in [6.45, 7) is 3.66. The molecular weight excluding hydrogens is 273 g/mol. The first kappa shape index (κ1) is 15.4. The Morgan fingerprint density at radius 1 is 1.33 bits per heavy atom. The Morgan fingerprint density at radius 3 is 2.90 bits per heavy atom. The molecule has 0 bridgehead atoms. The van der Waals surface area contributed by atoms with Crippen LogP contribution < -0.4 is 4.74 Å². The van der Waals surface area contributed by atoms with Crippen LogP contribution >= 0.6 is 0 Å². The van der Waals surface area contributed by atoms with Gasteiger partial charge in [-0.3, -0.25) is 4.90 Å². The molecule has 1 aromatic carbocycles. The number of rotatable bonds is 8. The van der Waals surface area contributed by atoms with E-state index in [1.807, 2.05) is 11.9 Å². The summed E-state index contributed by atoms with van der Waals surface area (Å²) in [5, 5.41) is 3.90. The van der Waals surface area contributed by atoms with Gasteiger partial charge < -0.3 is 9.26 Å². The van der Waals surface area contributed by atoms with Gasteiger partial charge in [-0.25, -0.2) is 4.39 Å². The molecule has 114 valence electrons. The van der Waals surface area contributed by atoms with Crippen LogP contribution in [0, 0.1) is 5.82 Å². The van der Waals surface area contributed by atoms with Crippen molar-refractivity contribution >= 4 is 0 Å². The number of hydrogen-bond acceptors (Lipinski definition) is 5. The zero-order valence-electron chi connectivity index (χ0n) is 12.4. The molecule has 0 unspecified atom stereocenters. The Labute approximate surface area is 123 Å². The van der Waals surface area contributed by atoms with E-state index in [9.17, 15) is 4.39 Å². The van der Waals surface area contributed by atoms with Crippen LogP contribution in [0.5, 0.6) is 5.75 Å². The molecule has 21 heavy (non-hydrogen) atoms. The molecular formula is C15H20FN3O2. The van der Waals surface area contributed by atoms with Crippen molar-refractivity contribution in [2.24, 2.45) is 0 Å². The standard InChI is InChI=1S/C15H20FN3O2/c1-3-6-14-17-15(21-18-14)11-19(2)9-10-20-13-8-5-4-7-12(13)16/h4-5,7-8H,3,6,9-11H2,1-2H3. The van der Waals surface area contributed by atoms with Crippen molar-refractivity contribution in [2.75, 3.05) is 20.2 Å². The largest absolute Gasteiger partial charge is 0.489 e. The fourth-order valence-electron chi connectivity index (χ4n) is 1.86. The van der Waals surface area contributed by atoms with Crippen molar-refractivity contribution in [3.63, 3.8) is 0 Å². The molecule has 2 aromatic rings. The first-order valence-electron chi connectivity index (χ1n) is 7.06. The molecule has 0 fully saturated rings. The SMILES string of the molecule is CCCc1noc(CN(C)CCOc2ccccc2F)n1. The summed E-state index contributed by atoms with van der Waals surface area (Å²) in [5.74, 6) is 1.26. The Kier molecular flexibility index (Phi) is 5.68. The molecule has 0 spiro atoms. The maximum Gasteiger partial charge on any atom is 0.240 e. The predicted molar refractivity (Wildman–Crippen MR) is 76.5 cm³/mol. The lowest BCUT2D eigenvalue weighted by Gasteiger charge is -2.14. The molecule has 0 saturated heterocycles. The number of likely N-dealkylation sites (N-methyl/N-ethyl adjacent to an activating group) is 1. The van der Waals surface area contributed by atoms with Gasteiger partial charge in [-0.1, -0.05) is 24.2 Å². The highest BCUT2D eigenvalue weighted by Crippen LogP contribution is 2.15. The summed E-state index contributed by atoms with van der Waals surface area (Å²) in [7, 11) is 1.93. The van der Waals surface area contributed by atoms with Crippen LogP contribution in [0.25, 0.3) is 0 Å². The topological polar surface area (TPSA) is 51.4 Å². The summed E-state index contributed by atoms with van der Waals surface area (Å²) in [6, 6.07) is 6.38. The Balaban J connectivity index is 1.74. The van der Waals surface area contributed by atoms with Gasteiger partial charge in [0.1, 0.15) is 6.61 Å². The van der Waals surface area contributed by atoms with E-state index in [1.54, 1.807) is 18.2 Å². The van der Waals surface area contributed by atoms with Crippen LogP contribution in [-0.2, 0) is 13.0 Å². The molecule has 0 atom stereocenters. The van der Waals surface area contributed by atoms with Gasteiger partial charge in [0.05, 0.1) is 6.54 Å². The predicted octanol–water partition coefficient (Wildman–Crippen LogP) is 2.67. The molecule has 0 N–H and O–H groups in total. The summed E-state index contributed by atoms with van der Waals surface area (Å²) in [4.78, 5) is 6.29. The number of para-hydroxylation sites is 1. The van der Waals surface area contributed by atoms with Gasteiger partial charge in [-0.05, 0) is 25.6 Å². The number of ether oxygens (including phenoxy) is 1. The summed E-state index contributed by atoms with van der Waals surface area (Å²) in [5.41, 5.74) is 0. The highest BCUT2D eigenvalue weighted by molar-refractivity contribution is 5.23. The monoisotopic (exact) mass is 293 g/mol. The zero-order chi connectivity index (χ0) is 15.1. The fraction of sp³-hybridized carbons (Fsp3) is 0.467. The van der Waals surface area contributed by atoms with Crippen LogP contribution in [0.3, 0.4) is 0 Å². The number of benzene rings is 1. The number of aryl methyl sites for hydroxylation is 1. The minimum absolute atomic E-state index is 0.272. The highest BCUT2D eigenvalue weighted by atomic mass is 19.1. The van der Waals surface area contributed by atoms with Crippen molar-refractivity contribution in [3.05, 3.63) is 41.8 Å². The zero-order valence-corrected chi connectivity index (χ0v) is 12.4. The Morgan fingerprint density at radius 2 is 2.14 bits per heavy atom. The van der Waals surface area contributed by atoms with Crippen LogP contribution in [0.15, 0.2) is 28.8 Å². The van der Waals surface area contributed by atoms with Crippen molar-refractivity contribution < 1.29 is 13.7 Å². The van der Waals surface area contributed by atoms with Gasteiger partial charge in [-0.2, -0.15) is 4.98 Å². The van der Waals surface area contributed by atoms with Gasteiger partial charge in [-0.15, -0.1) is 0 Å². The number of nitrogens with zero attached hydrogens (tertiary/aromatic N) is 3. The van der Waals surface area contributed by atoms with Gasteiger partial charge in [0.25, 0.3) is 0 Å². The second-order valence-corrected chi connectivity index (χ2v) is 4.87. The molecule has 2 rings (SSSR count). The van der Waals surface area contributed by atoms with Gasteiger partial charge in [0.2, 0.25) is 5.89 Å². The number of aromatic nitrogens is 2. The van der Waals surface area contributed by atoms with Crippen LogP contribution in [-0.4, -0.2) is 35.2 Å². The summed E-state index contributed by atoms with van der Waals surface area (Å²) in [6.07, 6.45) is 1.81. The molecule has 0 radical (unpaired) electrons. The van der Waals surface area contributed by atoms with E-state index in [2.05, 4.69) is 17.1 Å². The van der Waals surface area contributed by atoms with Crippen molar-refractivity contribution in [2.45, 2.75) is 26.3 Å². The van der Waals surface area contributed by atoms with Crippen molar-refractivity contribution in [3.8, 4) is 5.75 Å². The van der Waals surface area contributed by atoms with Crippen LogP contribution in [0.4, 0.5) is 4.39 Å². The van der Waals surface area contributed by atoms with Crippen molar-refractivity contribution in [1.82, 2.24) is 15.0 Å². The maximum absolute atomic E-state index is 13.4. The first-order valence-corrected chi connectivity index (χ1v) is 7.06. The molecule has 6 heteroatoms. The van der Waals surface area contributed by atoms with Gasteiger partial charge in [0, 0.05) is 13.0 Å². The molecule has 1 heterocycles.